The summed E-state index contributed by atoms with van der Waals surface area (Å²) in [6.07, 6.45) is -57.0. The minimum absolute atomic E-state index is 0. The Bertz CT molecular complexity index is 1890. The smallest absolute Gasteiger partial charge is 0.187 e. The zero-order chi connectivity index (χ0) is 58.1. The third kappa shape index (κ3) is 15.9. The molecule has 2 radical (unpaired) electrons. The Morgan fingerprint density at radius 1 is 0.333 bits per heavy atom. The molecule has 0 amide bonds. The summed E-state index contributed by atoms with van der Waals surface area (Å²) in [5.41, 5.74) is 18.3. The summed E-state index contributed by atoms with van der Waals surface area (Å²) < 4.78 is 76.0. The van der Waals surface area contributed by atoms with Crippen LogP contribution in [-0.2, 0) is 61.6 Å². The van der Waals surface area contributed by atoms with Gasteiger partial charge in [0, 0.05) is 88.1 Å². The molecule has 0 spiro atoms. The molecule has 7 heterocycles. The van der Waals surface area contributed by atoms with Gasteiger partial charge in [-0.15, -0.1) is 6.58 Å². The predicted octanol–water partition coefficient (Wildman–Crippen LogP) is -10.1. The Kier molecular flexibility index (Phi) is 29.2. The third-order valence-corrected chi connectivity index (χ3v) is 15.3. The Balaban J connectivity index is 0.00000602. The summed E-state index contributed by atoms with van der Waals surface area (Å²) in [5.74, 6) is 0. The summed E-state index contributed by atoms with van der Waals surface area (Å²) >= 11 is 0. The van der Waals surface area contributed by atoms with Crippen molar-refractivity contribution in [2.24, 2.45) is 0 Å². The van der Waals surface area contributed by atoms with E-state index < -0.39 is 248 Å². The number of allylic oxidation sites excluding steroid dienone is 1. The second-order valence-electron chi connectivity index (χ2n) is 20.6. The molecule has 7 fully saturated rings. The van der Waals surface area contributed by atoms with Crippen LogP contribution in [-0.4, -0.2) is 340 Å². The van der Waals surface area contributed by atoms with Gasteiger partial charge in [-0.05, 0) is 26.7 Å². The van der Waals surface area contributed by atoms with Crippen LogP contribution in [0.2, 0.25) is 0 Å². The quantitative estimate of drug-likeness (QED) is 0.0503. The molecule has 466 valence electrons. The van der Waals surface area contributed by atoms with Gasteiger partial charge in [0.25, 0.3) is 0 Å². The zero-order valence-electron chi connectivity index (χ0n) is 44.0. The van der Waals surface area contributed by atoms with E-state index in [1.54, 1.807) is 6.08 Å². The Morgan fingerprint density at radius 3 is 1.21 bits per heavy atom. The number of aliphatic hydroxyl groups excluding tert-OH is 18. The molecular formula is C46H78Ac2N2O31-2. The van der Waals surface area contributed by atoms with E-state index in [2.05, 4.69) is 6.58 Å². The first kappa shape index (κ1) is 73.0. The van der Waals surface area contributed by atoms with E-state index in [1.807, 2.05) is 0 Å². The van der Waals surface area contributed by atoms with Gasteiger partial charge in [-0.1, -0.05) is 18.2 Å². The van der Waals surface area contributed by atoms with Crippen LogP contribution >= 0.6 is 0 Å². The van der Waals surface area contributed by atoms with E-state index in [0.29, 0.717) is 6.42 Å². The van der Waals surface area contributed by atoms with Crippen molar-refractivity contribution < 1.29 is 242 Å². The van der Waals surface area contributed by atoms with Crippen LogP contribution in [0.3, 0.4) is 0 Å². The molecule has 0 aliphatic carbocycles. The molecule has 35 heteroatoms. The summed E-state index contributed by atoms with van der Waals surface area (Å²) in [4.78, 5) is 0. The van der Waals surface area contributed by atoms with Crippen LogP contribution in [0.4, 0.5) is 0 Å². The van der Waals surface area contributed by atoms with Crippen molar-refractivity contribution >= 4 is 0 Å². The number of ether oxygens (including phenoxy) is 13. The van der Waals surface area contributed by atoms with Crippen molar-refractivity contribution in [3.63, 3.8) is 0 Å². The van der Waals surface area contributed by atoms with Crippen LogP contribution in [0.5, 0.6) is 0 Å². The molecule has 0 saturated carbocycles. The molecule has 21 unspecified atom stereocenters. The number of nitrogens with one attached hydrogen (secondary N) is 2. The standard InChI is InChI=1S/C46H78N2O31.2Ac/c1-4-5-6-14-25(57)38(26(58)16(8-50)69-14)77-41-20(47)28(60)35(18(10-52)72-41)74-45-34(66)39(27(59)17(9-51)70-45)78-42-21(48)37(76-43-32(64)29(61)22(54)12(2)67-43)36(19(11-53)73-42)75-46-40(31(63)24(56)15(7-49)71-46)79-44-33(65)30(62)23(55)13(3)68-44;;/h4,12-66H,1,5-11H2,2-3H3;;/q-2;;/t12?,13?,14-,15?,16?,17?,18?,19?,20?,21?,22+,23+,24-,25?,26-,27-,28?,29?,30?,31?,32?,33?,34?,35-,36-,37?,38?,39?,40?,41-,42-,43-,44-,45-,46-;;/m0../s1. The fourth-order valence-electron chi connectivity index (χ4n) is 10.5. The molecule has 7 aliphatic rings. The molecule has 0 aromatic heterocycles. The van der Waals surface area contributed by atoms with Gasteiger partial charge in [0.1, 0.15) is 147 Å². The second kappa shape index (κ2) is 32.4. The monoisotopic (exact) mass is 1610 g/mol. The Morgan fingerprint density at radius 2 is 0.704 bits per heavy atom. The molecule has 7 aliphatic heterocycles. The first-order valence-corrected chi connectivity index (χ1v) is 25.9. The molecule has 81 heavy (non-hydrogen) atoms. The van der Waals surface area contributed by atoms with Crippen molar-refractivity contribution in [2.45, 2.75) is 241 Å². The molecular weight excluding hydrogens is 1530 g/mol. The Hall–Kier alpha value is 1.30. The van der Waals surface area contributed by atoms with Crippen LogP contribution in [0, 0.1) is 88.1 Å². The first-order chi connectivity index (χ1) is 37.5. The topological polar surface area (TPSA) is 532 Å². The SMILES string of the molecule is C=CCC[C@@H]1OC(CO)[C@H](O)C(O[C@@H]2OC(CO)[C@H](O[C@@H]3OC(CO)[C@H](O)C(O[C@@H]4OC(CO)[C@H](O[C@@H]5OC(CO)[C@H](O)C(O)C5O[C@@H]5OC(C)[C@@H](O)C(O)C5O)C(O[C@@H]5OC(C)[C@@H](O)C(O)C5O)C4[NH-])C3O)C(O)C2[NH-])C1O.[Ac].[Ac]. The zero-order valence-corrected chi connectivity index (χ0v) is 53.4. The molecule has 35 atom stereocenters. The molecule has 33 nitrogen and oxygen atoms in total. The normalized spacial score (nSPS) is 51.6. The summed E-state index contributed by atoms with van der Waals surface area (Å²) in [5, 5.41) is 195. The predicted molar refractivity (Wildman–Crippen MR) is 250 cm³/mol. The Labute approximate surface area is 535 Å². The number of rotatable bonds is 20. The van der Waals surface area contributed by atoms with Gasteiger partial charge in [0.15, 0.2) is 25.2 Å². The van der Waals surface area contributed by atoms with E-state index in [4.69, 9.17) is 67.3 Å². The minimum Gasteiger partial charge on any atom is -0.668 e. The summed E-state index contributed by atoms with van der Waals surface area (Å²) in [6.45, 7) is 1.50. The van der Waals surface area contributed by atoms with Crippen LogP contribution < -0.4 is 0 Å². The van der Waals surface area contributed by atoms with E-state index in [9.17, 15) is 97.7 Å². The van der Waals surface area contributed by atoms with Gasteiger partial charge in [-0.2, -0.15) is 0 Å². The van der Waals surface area contributed by atoms with Gasteiger partial charge < -0.3 is 165 Å². The number of hydrogen-bond acceptors (Lipinski definition) is 31. The average Bonchev–Trinajstić information content (AvgIpc) is 3.43. The van der Waals surface area contributed by atoms with Crippen molar-refractivity contribution in [3.05, 3.63) is 24.1 Å². The second-order valence-corrected chi connectivity index (χ2v) is 20.6. The van der Waals surface area contributed by atoms with Crippen LogP contribution in [0.1, 0.15) is 26.7 Å². The molecule has 0 bridgehead atoms. The first-order valence-electron chi connectivity index (χ1n) is 25.9. The van der Waals surface area contributed by atoms with Crippen molar-refractivity contribution in [2.75, 3.05) is 33.0 Å². The minimum atomic E-state index is -2.22. The van der Waals surface area contributed by atoms with E-state index in [-0.39, 0.29) is 94.5 Å². The van der Waals surface area contributed by atoms with Crippen LogP contribution in [0.25, 0.3) is 11.5 Å². The fourth-order valence-corrected chi connectivity index (χ4v) is 10.5. The maximum Gasteiger partial charge on any atom is 0.187 e. The van der Waals surface area contributed by atoms with E-state index in [0.717, 1.165) is 0 Å². The van der Waals surface area contributed by atoms with Crippen LogP contribution in [0.15, 0.2) is 12.7 Å². The maximum absolute atomic E-state index is 11.8. The largest absolute Gasteiger partial charge is 0.668 e. The van der Waals surface area contributed by atoms with Gasteiger partial charge in [0.05, 0.1) is 63.6 Å². The summed E-state index contributed by atoms with van der Waals surface area (Å²) in [6, 6.07) is -3.93. The van der Waals surface area contributed by atoms with Gasteiger partial charge >= 0.3 is 0 Å². The van der Waals surface area contributed by atoms with Crippen molar-refractivity contribution in [1.29, 1.82) is 0 Å². The van der Waals surface area contributed by atoms with Crippen molar-refractivity contribution in [1.82, 2.24) is 0 Å². The maximum atomic E-state index is 11.8. The number of aliphatic hydroxyl groups is 18. The molecule has 20 N–H and O–H groups in total. The van der Waals surface area contributed by atoms with Gasteiger partial charge in [-0.3, -0.25) is 0 Å². The average molecular weight is 1610 g/mol. The molecule has 0 aromatic rings. The molecule has 0 aromatic carbocycles. The fraction of sp³-hybridized carbons (Fsp3) is 0.957. The van der Waals surface area contributed by atoms with E-state index in [1.165, 1.54) is 13.8 Å². The van der Waals surface area contributed by atoms with Crippen molar-refractivity contribution in [3.8, 4) is 0 Å². The summed E-state index contributed by atoms with van der Waals surface area (Å²) in [7, 11) is 0. The van der Waals surface area contributed by atoms with Gasteiger partial charge in [-0.25, -0.2) is 0 Å². The van der Waals surface area contributed by atoms with Gasteiger partial charge in [0.2, 0.25) is 0 Å². The number of hydrogen-bond donors (Lipinski definition) is 18. The van der Waals surface area contributed by atoms with E-state index >= 15 is 0 Å². The third-order valence-electron chi connectivity index (χ3n) is 15.3. The molecule has 7 saturated heterocycles. The molecule has 7 rings (SSSR count).